The molecule has 152 valence electrons. The van der Waals surface area contributed by atoms with Gasteiger partial charge in [0.25, 0.3) is 0 Å². The molecule has 0 unspecified atom stereocenters. The topological polar surface area (TPSA) is 41.4 Å². The Balaban J connectivity index is 1.59. The number of alkyl halides is 3. The number of carbonyl (C=O) groups excluding carboxylic acids is 1. The van der Waals surface area contributed by atoms with Gasteiger partial charge in [0, 0.05) is 48.3 Å². The van der Waals surface area contributed by atoms with Gasteiger partial charge in [-0.1, -0.05) is 29.3 Å². The van der Waals surface area contributed by atoms with Crippen LogP contribution >= 0.6 is 23.2 Å². The van der Waals surface area contributed by atoms with Crippen LogP contribution in [0.1, 0.15) is 17.0 Å². The smallest absolute Gasteiger partial charge is 0.339 e. The predicted octanol–water partition coefficient (Wildman–Crippen LogP) is 3.86. The molecule has 1 aromatic heterocycles. The average Bonchev–Trinajstić information content (AvgIpc) is 2.99. The molecule has 1 aliphatic rings. The first-order valence-electron chi connectivity index (χ1n) is 8.70. The maximum Gasteiger partial charge on any atom is 0.433 e. The molecule has 10 heteroatoms. The average molecular weight is 435 g/mol. The van der Waals surface area contributed by atoms with E-state index in [4.69, 9.17) is 23.2 Å². The van der Waals surface area contributed by atoms with Crippen molar-refractivity contribution in [3.8, 4) is 0 Å². The summed E-state index contributed by atoms with van der Waals surface area (Å²) in [4.78, 5) is 16.1. The summed E-state index contributed by atoms with van der Waals surface area (Å²) in [7, 11) is 0. The van der Waals surface area contributed by atoms with Gasteiger partial charge >= 0.3 is 6.18 Å². The number of benzene rings is 1. The molecule has 0 radical (unpaired) electrons. The summed E-state index contributed by atoms with van der Waals surface area (Å²) in [6.45, 7) is 3.59. The van der Waals surface area contributed by atoms with Gasteiger partial charge in [-0.05, 0) is 25.1 Å². The van der Waals surface area contributed by atoms with Crippen molar-refractivity contribution in [3.05, 3.63) is 51.3 Å². The molecule has 2 aromatic rings. The van der Waals surface area contributed by atoms with E-state index in [0.717, 1.165) is 16.3 Å². The normalized spacial score (nSPS) is 15.9. The van der Waals surface area contributed by atoms with E-state index in [0.29, 0.717) is 42.8 Å². The zero-order chi connectivity index (χ0) is 20.5. The molecule has 3 rings (SSSR count). The molecule has 2 heterocycles. The number of aromatic nitrogens is 2. The van der Waals surface area contributed by atoms with Crippen LogP contribution < -0.4 is 0 Å². The van der Waals surface area contributed by atoms with Crippen molar-refractivity contribution in [2.24, 2.45) is 0 Å². The molecular formula is C18H19Cl2F3N4O. The third-order valence-corrected chi connectivity index (χ3v) is 5.35. The highest BCUT2D eigenvalue weighted by atomic mass is 35.5. The molecule has 28 heavy (non-hydrogen) atoms. The lowest BCUT2D eigenvalue weighted by atomic mass is 10.2. The molecule has 0 bridgehead atoms. The minimum Gasteiger partial charge on any atom is -0.339 e. The van der Waals surface area contributed by atoms with Crippen LogP contribution in [0.15, 0.2) is 24.3 Å². The molecule has 1 amide bonds. The van der Waals surface area contributed by atoms with Gasteiger partial charge < -0.3 is 4.90 Å². The van der Waals surface area contributed by atoms with E-state index in [1.54, 1.807) is 23.1 Å². The Bertz CT molecular complexity index is 841. The second-order valence-corrected chi connectivity index (χ2v) is 7.50. The largest absolute Gasteiger partial charge is 0.433 e. The maximum atomic E-state index is 13.1. The molecule has 1 aliphatic heterocycles. The maximum absolute atomic E-state index is 13.1. The summed E-state index contributed by atoms with van der Waals surface area (Å²) < 4.78 is 39.9. The minimum absolute atomic E-state index is 0.224. The molecule has 0 aliphatic carbocycles. The monoisotopic (exact) mass is 434 g/mol. The first-order chi connectivity index (χ1) is 13.1. The second kappa shape index (κ2) is 8.31. The molecule has 0 atom stereocenters. The van der Waals surface area contributed by atoms with Gasteiger partial charge in [0.05, 0.1) is 5.69 Å². The first kappa shape index (κ1) is 21.0. The van der Waals surface area contributed by atoms with Crippen LogP contribution in [0, 0.1) is 6.92 Å². The first-order valence-corrected chi connectivity index (χ1v) is 9.45. The van der Waals surface area contributed by atoms with Crippen LogP contribution in [0.25, 0.3) is 0 Å². The van der Waals surface area contributed by atoms with Crippen molar-refractivity contribution < 1.29 is 18.0 Å². The van der Waals surface area contributed by atoms with E-state index >= 15 is 0 Å². The number of halogens is 5. The van der Waals surface area contributed by atoms with Gasteiger partial charge in [-0.15, -0.1) is 0 Å². The summed E-state index contributed by atoms with van der Waals surface area (Å²) in [6, 6.07) is 6.26. The van der Waals surface area contributed by atoms with Crippen LogP contribution in [-0.4, -0.2) is 51.7 Å². The lowest BCUT2D eigenvalue weighted by Gasteiger charge is -2.35. The highest BCUT2D eigenvalue weighted by molar-refractivity contribution is 6.35. The Morgan fingerprint density at radius 3 is 2.32 bits per heavy atom. The fraction of sp³-hybridized carbons (Fsp3) is 0.444. The van der Waals surface area contributed by atoms with Gasteiger partial charge in [-0.3, -0.25) is 14.4 Å². The van der Waals surface area contributed by atoms with Crippen molar-refractivity contribution >= 4 is 29.1 Å². The van der Waals surface area contributed by atoms with Gasteiger partial charge in [-0.25, -0.2) is 0 Å². The SMILES string of the molecule is Cc1cc(C(F)(F)F)n(CC(=O)N2CCN(Cc3c(Cl)cccc3Cl)CC2)n1. The number of hydrogen-bond donors (Lipinski definition) is 0. The lowest BCUT2D eigenvalue weighted by Crippen LogP contribution is -2.49. The molecule has 1 aromatic carbocycles. The molecule has 0 N–H and O–H groups in total. The summed E-state index contributed by atoms with van der Waals surface area (Å²) in [5.74, 6) is -0.385. The summed E-state index contributed by atoms with van der Waals surface area (Å²) in [6.07, 6.45) is -4.55. The van der Waals surface area contributed by atoms with Crippen molar-refractivity contribution in [2.75, 3.05) is 26.2 Å². The van der Waals surface area contributed by atoms with Crippen molar-refractivity contribution in [3.63, 3.8) is 0 Å². The van der Waals surface area contributed by atoms with E-state index in [2.05, 4.69) is 10.00 Å². The molecule has 0 spiro atoms. The quantitative estimate of drug-likeness (QED) is 0.733. The Labute approximate surface area is 170 Å². The number of nitrogens with zero attached hydrogens (tertiary/aromatic N) is 4. The van der Waals surface area contributed by atoms with E-state index < -0.39 is 18.4 Å². The van der Waals surface area contributed by atoms with E-state index in [9.17, 15) is 18.0 Å². The number of piperazine rings is 1. The minimum atomic E-state index is -4.55. The van der Waals surface area contributed by atoms with E-state index in [1.807, 2.05) is 0 Å². The van der Waals surface area contributed by atoms with Crippen LogP contribution in [0.4, 0.5) is 13.2 Å². The van der Waals surface area contributed by atoms with Gasteiger partial charge in [0.1, 0.15) is 12.2 Å². The van der Waals surface area contributed by atoms with Gasteiger partial charge in [0.2, 0.25) is 5.91 Å². The van der Waals surface area contributed by atoms with Crippen molar-refractivity contribution in [2.45, 2.75) is 26.2 Å². The number of rotatable bonds is 4. The Kier molecular flexibility index (Phi) is 6.21. The van der Waals surface area contributed by atoms with Crippen LogP contribution in [0.5, 0.6) is 0 Å². The van der Waals surface area contributed by atoms with E-state index in [-0.39, 0.29) is 11.6 Å². The lowest BCUT2D eigenvalue weighted by molar-refractivity contribution is -0.146. The fourth-order valence-corrected chi connectivity index (χ4v) is 3.70. The van der Waals surface area contributed by atoms with Crippen molar-refractivity contribution in [1.29, 1.82) is 0 Å². The van der Waals surface area contributed by atoms with Crippen LogP contribution in [0.2, 0.25) is 10.0 Å². The standard InChI is InChI=1S/C18H19Cl2F3N4O/c1-12-9-16(18(21,22)23)27(24-12)11-17(28)26-7-5-25(6-8-26)10-13-14(19)3-2-4-15(13)20/h2-4,9H,5-8,10-11H2,1H3. The number of amides is 1. The summed E-state index contributed by atoms with van der Waals surface area (Å²) in [5.41, 5.74) is 0.138. The number of aryl methyl sites for hydroxylation is 1. The Morgan fingerprint density at radius 2 is 1.75 bits per heavy atom. The van der Waals surface area contributed by atoms with Crippen molar-refractivity contribution in [1.82, 2.24) is 19.6 Å². The number of hydrogen-bond acceptors (Lipinski definition) is 3. The third-order valence-electron chi connectivity index (χ3n) is 4.65. The highest BCUT2D eigenvalue weighted by Gasteiger charge is 2.36. The van der Waals surface area contributed by atoms with Crippen LogP contribution in [0.3, 0.4) is 0 Å². The van der Waals surface area contributed by atoms with E-state index in [1.165, 1.54) is 6.92 Å². The van der Waals surface area contributed by atoms with Crippen LogP contribution in [-0.2, 0) is 24.1 Å². The Morgan fingerprint density at radius 1 is 1.14 bits per heavy atom. The second-order valence-electron chi connectivity index (χ2n) is 6.68. The highest BCUT2D eigenvalue weighted by Crippen LogP contribution is 2.30. The fourth-order valence-electron chi connectivity index (χ4n) is 3.18. The van der Waals surface area contributed by atoms with Gasteiger partial charge in [-0.2, -0.15) is 18.3 Å². The van der Waals surface area contributed by atoms with Gasteiger partial charge in [0.15, 0.2) is 0 Å². The molecule has 5 nitrogen and oxygen atoms in total. The molecule has 1 saturated heterocycles. The molecule has 0 saturated carbocycles. The predicted molar refractivity (Wildman–Crippen MR) is 100 cm³/mol. The molecular weight excluding hydrogens is 416 g/mol. The number of carbonyl (C=O) groups is 1. The molecule has 1 fully saturated rings. The summed E-state index contributed by atoms with van der Waals surface area (Å²) in [5, 5.41) is 4.98. The Hall–Kier alpha value is -1.77. The third kappa shape index (κ3) is 4.79. The summed E-state index contributed by atoms with van der Waals surface area (Å²) >= 11 is 12.4. The zero-order valence-corrected chi connectivity index (χ0v) is 16.7. The zero-order valence-electron chi connectivity index (χ0n) is 15.1.